The lowest BCUT2D eigenvalue weighted by molar-refractivity contribution is 0.170. The molecule has 4 rings (SSSR count). The van der Waals surface area contributed by atoms with E-state index in [-0.39, 0.29) is 24.5 Å². The molecule has 48 heavy (non-hydrogen) atoms. The summed E-state index contributed by atoms with van der Waals surface area (Å²) in [5.41, 5.74) is 4.07. The van der Waals surface area contributed by atoms with Crippen molar-refractivity contribution in [3.8, 4) is 11.5 Å². The monoisotopic (exact) mass is 714 g/mol. The zero-order valence-electron chi connectivity index (χ0n) is 27.8. The van der Waals surface area contributed by atoms with Crippen LogP contribution in [0, 0.1) is 0 Å². The fourth-order valence-corrected chi connectivity index (χ4v) is 5.74. The predicted molar refractivity (Wildman–Crippen MR) is 200 cm³/mol. The Hall–Kier alpha value is -2.81. The summed E-state index contributed by atoms with van der Waals surface area (Å²) in [6.07, 6.45) is 3.50. The number of aliphatic hydroxyl groups excluding tert-OH is 2. The SMILES string of the molecule is C[C@H](Cc1ccc(OCCCCCOc2ccc(C[C@@H](C)NC[C@H](O)c3cccc(Cl)c3)cc2)cc1)NC[C@H](O)c1cccc(Cl)c1.Cl. The van der Waals surface area contributed by atoms with Crippen LogP contribution >= 0.6 is 35.6 Å². The topological polar surface area (TPSA) is 83.0 Å². The van der Waals surface area contributed by atoms with E-state index in [1.54, 1.807) is 24.3 Å². The Labute approximate surface area is 302 Å². The lowest BCUT2D eigenvalue weighted by Gasteiger charge is -2.18. The van der Waals surface area contributed by atoms with Crippen molar-refractivity contribution in [3.63, 3.8) is 0 Å². The van der Waals surface area contributed by atoms with Crippen LogP contribution in [0.4, 0.5) is 0 Å². The number of benzene rings is 4. The molecule has 6 nitrogen and oxygen atoms in total. The van der Waals surface area contributed by atoms with Crippen molar-refractivity contribution in [1.82, 2.24) is 10.6 Å². The van der Waals surface area contributed by atoms with Gasteiger partial charge in [0.05, 0.1) is 25.4 Å². The summed E-state index contributed by atoms with van der Waals surface area (Å²) in [7, 11) is 0. The van der Waals surface area contributed by atoms with E-state index >= 15 is 0 Å². The highest BCUT2D eigenvalue weighted by molar-refractivity contribution is 6.30. The van der Waals surface area contributed by atoms with Gasteiger partial charge in [-0.05, 0) is 117 Å². The lowest BCUT2D eigenvalue weighted by atomic mass is 10.1. The van der Waals surface area contributed by atoms with Gasteiger partial charge >= 0.3 is 0 Å². The van der Waals surface area contributed by atoms with Crippen LogP contribution in [0.5, 0.6) is 11.5 Å². The second kappa shape index (κ2) is 21.3. The first-order valence-electron chi connectivity index (χ1n) is 16.5. The molecule has 0 amide bonds. The molecule has 260 valence electrons. The molecule has 0 aliphatic carbocycles. The van der Waals surface area contributed by atoms with Gasteiger partial charge in [-0.15, -0.1) is 12.4 Å². The van der Waals surface area contributed by atoms with E-state index in [0.717, 1.165) is 54.7 Å². The van der Waals surface area contributed by atoms with E-state index in [0.29, 0.717) is 36.3 Å². The minimum Gasteiger partial charge on any atom is -0.494 e. The molecule has 0 radical (unpaired) electrons. The first-order chi connectivity index (χ1) is 22.7. The fourth-order valence-electron chi connectivity index (χ4n) is 5.34. The van der Waals surface area contributed by atoms with Crippen molar-refractivity contribution >= 4 is 35.6 Å². The molecule has 4 N–H and O–H groups in total. The molecule has 9 heteroatoms. The number of unbranched alkanes of at least 4 members (excludes halogenated alkanes) is 2. The molecular formula is C39H49Cl3N2O4. The standard InChI is InChI=1S/C39H48Cl2N2O4.ClH/c1-28(42-26-38(44)32-8-6-10-34(40)24-32)22-30-12-16-36(17-13-30)46-20-4-3-5-21-47-37-18-14-31(15-19-37)23-29(2)43-27-39(45)33-9-7-11-35(41)25-33;/h6-19,24-25,28-29,38-39,42-45H,3-5,20-23,26-27H2,1-2H3;1H/t28-,29-,38+,39+;/m1./s1. The molecule has 0 spiro atoms. The Morgan fingerprint density at radius 2 is 0.979 bits per heavy atom. The van der Waals surface area contributed by atoms with Gasteiger partial charge in [-0.3, -0.25) is 0 Å². The number of ether oxygens (including phenoxy) is 2. The fraction of sp³-hybridized carbons (Fsp3) is 0.385. The Morgan fingerprint density at radius 3 is 1.35 bits per heavy atom. The number of hydrogen-bond donors (Lipinski definition) is 4. The molecule has 4 atom stereocenters. The molecule has 0 bridgehead atoms. The molecule has 0 aromatic heterocycles. The Morgan fingerprint density at radius 1 is 0.583 bits per heavy atom. The van der Waals surface area contributed by atoms with Crippen molar-refractivity contribution in [3.05, 3.63) is 129 Å². The molecule has 4 aromatic rings. The van der Waals surface area contributed by atoms with Gasteiger partial charge in [0, 0.05) is 35.2 Å². The molecule has 0 unspecified atom stereocenters. The van der Waals surface area contributed by atoms with Crippen molar-refractivity contribution in [1.29, 1.82) is 0 Å². The quantitative estimate of drug-likeness (QED) is 0.0687. The number of aliphatic hydroxyl groups is 2. The van der Waals surface area contributed by atoms with Crippen LogP contribution in [0.2, 0.25) is 10.0 Å². The highest BCUT2D eigenvalue weighted by Gasteiger charge is 2.12. The van der Waals surface area contributed by atoms with Gasteiger partial charge in [0.1, 0.15) is 11.5 Å². The highest BCUT2D eigenvalue weighted by Crippen LogP contribution is 2.20. The number of rotatable bonds is 20. The van der Waals surface area contributed by atoms with E-state index in [2.05, 4.69) is 48.7 Å². The van der Waals surface area contributed by atoms with Crippen LogP contribution in [-0.4, -0.2) is 48.6 Å². The first kappa shape index (κ1) is 39.6. The summed E-state index contributed by atoms with van der Waals surface area (Å²) >= 11 is 12.1. The molecule has 4 aromatic carbocycles. The number of nitrogens with one attached hydrogen (secondary N) is 2. The zero-order valence-corrected chi connectivity index (χ0v) is 30.1. The van der Waals surface area contributed by atoms with Crippen molar-refractivity contribution in [2.24, 2.45) is 0 Å². The van der Waals surface area contributed by atoms with Gasteiger partial charge in [0.25, 0.3) is 0 Å². The lowest BCUT2D eigenvalue weighted by Crippen LogP contribution is -2.32. The summed E-state index contributed by atoms with van der Waals surface area (Å²) < 4.78 is 11.9. The van der Waals surface area contributed by atoms with Gasteiger partial charge < -0.3 is 30.3 Å². The molecule has 0 saturated carbocycles. The smallest absolute Gasteiger partial charge is 0.119 e. The normalized spacial score (nSPS) is 13.6. The largest absolute Gasteiger partial charge is 0.494 e. The average Bonchev–Trinajstić information content (AvgIpc) is 3.07. The molecule has 0 aliphatic heterocycles. The minimum atomic E-state index is -0.595. The Kier molecular flexibility index (Phi) is 17.6. The summed E-state index contributed by atoms with van der Waals surface area (Å²) in [5, 5.41) is 28.9. The van der Waals surface area contributed by atoms with E-state index in [1.165, 1.54) is 11.1 Å². The molecule has 0 aliphatic rings. The maximum Gasteiger partial charge on any atom is 0.119 e. The molecule has 0 saturated heterocycles. The Bertz CT molecular complexity index is 1360. The van der Waals surface area contributed by atoms with Gasteiger partial charge in [0.2, 0.25) is 0 Å². The van der Waals surface area contributed by atoms with Crippen molar-refractivity contribution < 1.29 is 19.7 Å². The predicted octanol–water partition coefficient (Wildman–Crippen LogP) is 8.55. The van der Waals surface area contributed by atoms with Gasteiger partial charge in [-0.1, -0.05) is 71.7 Å². The van der Waals surface area contributed by atoms with Crippen LogP contribution in [-0.2, 0) is 12.8 Å². The van der Waals surface area contributed by atoms with Crippen molar-refractivity contribution in [2.45, 2.75) is 70.2 Å². The van der Waals surface area contributed by atoms with E-state index < -0.39 is 12.2 Å². The maximum atomic E-state index is 10.4. The van der Waals surface area contributed by atoms with Crippen LogP contribution in [0.15, 0.2) is 97.1 Å². The minimum absolute atomic E-state index is 0. The zero-order chi connectivity index (χ0) is 33.4. The summed E-state index contributed by atoms with van der Waals surface area (Å²) in [6.45, 7) is 6.53. The van der Waals surface area contributed by atoms with E-state index in [4.69, 9.17) is 32.7 Å². The summed E-state index contributed by atoms with van der Waals surface area (Å²) in [6, 6.07) is 31.6. The second-order valence-electron chi connectivity index (χ2n) is 12.2. The van der Waals surface area contributed by atoms with Crippen LogP contribution in [0.3, 0.4) is 0 Å². The van der Waals surface area contributed by atoms with Gasteiger partial charge in [-0.2, -0.15) is 0 Å². The van der Waals surface area contributed by atoms with Gasteiger partial charge in [-0.25, -0.2) is 0 Å². The maximum absolute atomic E-state index is 10.4. The van der Waals surface area contributed by atoms with E-state index in [1.807, 2.05) is 48.5 Å². The molecule has 0 heterocycles. The number of halogens is 3. The number of hydrogen-bond acceptors (Lipinski definition) is 6. The second-order valence-corrected chi connectivity index (χ2v) is 13.1. The van der Waals surface area contributed by atoms with E-state index in [9.17, 15) is 10.2 Å². The average molecular weight is 716 g/mol. The first-order valence-corrected chi connectivity index (χ1v) is 17.3. The Balaban J connectivity index is 0.00000625. The third-order valence-corrected chi connectivity index (χ3v) is 8.51. The molecule has 0 fully saturated rings. The third kappa shape index (κ3) is 14.4. The van der Waals surface area contributed by atoms with Crippen molar-refractivity contribution in [2.75, 3.05) is 26.3 Å². The third-order valence-electron chi connectivity index (χ3n) is 8.04. The molecular weight excluding hydrogens is 667 g/mol. The van der Waals surface area contributed by atoms with Crippen LogP contribution in [0.25, 0.3) is 0 Å². The summed E-state index contributed by atoms with van der Waals surface area (Å²) in [5.74, 6) is 1.76. The van der Waals surface area contributed by atoms with Gasteiger partial charge in [0.15, 0.2) is 0 Å². The highest BCUT2D eigenvalue weighted by atomic mass is 35.5. The van der Waals surface area contributed by atoms with Crippen LogP contribution in [0.1, 0.15) is 67.6 Å². The summed E-state index contributed by atoms with van der Waals surface area (Å²) in [4.78, 5) is 0. The van der Waals surface area contributed by atoms with Crippen LogP contribution < -0.4 is 20.1 Å².